The van der Waals surface area contributed by atoms with Crippen LogP contribution in [-0.2, 0) is 0 Å². The lowest BCUT2D eigenvalue weighted by atomic mass is 9.85. The lowest BCUT2D eigenvalue weighted by Gasteiger charge is -2.30. The highest BCUT2D eigenvalue weighted by molar-refractivity contribution is 9.10. The van der Waals surface area contributed by atoms with Crippen LogP contribution in [0.3, 0.4) is 0 Å². The summed E-state index contributed by atoms with van der Waals surface area (Å²) in [6, 6.07) is 6.42. The number of para-hydroxylation sites is 1. The molecule has 0 aromatic heterocycles. The number of hydrogen-bond acceptors (Lipinski definition) is 1. The van der Waals surface area contributed by atoms with Gasteiger partial charge in [0.2, 0.25) is 0 Å². The smallest absolute Gasteiger partial charge is 0.0520 e. The van der Waals surface area contributed by atoms with Gasteiger partial charge in [0.1, 0.15) is 0 Å². The molecule has 13 heavy (non-hydrogen) atoms. The molecule has 2 rings (SSSR count). The van der Waals surface area contributed by atoms with Crippen molar-refractivity contribution in [3.63, 3.8) is 0 Å². The van der Waals surface area contributed by atoms with Crippen molar-refractivity contribution in [2.75, 3.05) is 11.9 Å². The number of rotatable bonds is 0. The van der Waals surface area contributed by atoms with E-state index in [1.54, 1.807) is 0 Å². The fourth-order valence-corrected chi connectivity index (χ4v) is 2.37. The average molecular weight is 240 g/mol. The van der Waals surface area contributed by atoms with Gasteiger partial charge in [-0.3, -0.25) is 0 Å². The molecule has 70 valence electrons. The van der Waals surface area contributed by atoms with Crippen LogP contribution in [0.25, 0.3) is 0 Å². The maximum Gasteiger partial charge on any atom is 0.0520 e. The number of hydrogen-bond donors (Lipinski definition) is 1. The topological polar surface area (TPSA) is 12.0 Å². The summed E-state index contributed by atoms with van der Waals surface area (Å²) in [7, 11) is 0. The van der Waals surface area contributed by atoms with Gasteiger partial charge >= 0.3 is 0 Å². The first-order chi connectivity index (χ1) is 6.20. The van der Waals surface area contributed by atoms with Crippen LogP contribution in [0.5, 0.6) is 0 Å². The van der Waals surface area contributed by atoms with Crippen LogP contribution in [0, 0.1) is 5.92 Å². The lowest BCUT2D eigenvalue weighted by molar-refractivity contribution is 0.497. The highest BCUT2D eigenvalue weighted by Gasteiger charge is 2.23. The normalized spacial score (nSPS) is 26.4. The highest BCUT2D eigenvalue weighted by atomic mass is 79.9. The van der Waals surface area contributed by atoms with E-state index in [1.165, 1.54) is 15.7 Å². The van der Waals surface area contributed by atoms with E-state index in [4.69, 9.17) is 0 Å². The number of anilines is 1. The summed E-state index contributed by atoms with van der Waals surface area (Å²) in [5.74, 6) is 1.38. The summed E-state index contributed by atoms with van der Waals surface area (Å²) < 4.78 is 1.18. The molecule has 1 aliphatic heterocycles. The number of benzene rings is 1. The van der Waals surface area contributed by atoms with E-state index in [1.807, 2.05) is 0 Å². The Morgan fingerprint density at radius 1 is 1.38 bits per heavy atom. The van der Waals surface area contributed by atoms with Gasteiger partial charge in [-0.25, -0.2) is 0 Å². The third-order valence-electron chi connectivity index (χ3n) is 2.99. The van der Waals surface area contributed by atoms with E-state index in [2.05, 4.69) is 53.3 Å². The molecule has 2 unspecified atom stereocenters. The van der Waals surface area contributed by atoms with Crippen LogP contribution >= 0.6 is 15.9 Å². The largest absolute Gasteiger partial charge is 0.384 e. The second kappa shape index (κ2) is 3.33. The molecule has 2 atom stereocenters. The zero-order chi connectivity index (χ0) is 9.42. The van der Waals surface area contributed by atoms with Crippen molar-refractivity contribution in [3.05, 3.63) is 28.2 Å². The molecule has 0 spiro atoms. The Bertz CT molecular complexity index is 322. The van der Waals surface area contributed by atoms with Gasteiger partial charge in [-0.15, -0.1) is 0 Å². The minimum Gasteiger partial charge on any atom is -0.384 e. The van der Waals surface area contributed by atoms with Gasteiger partial charge in [-0.2, -0.15) is 0 Å². The van der Waals surface area contributed by atoms with Gasteiger partial charge in [0.15, 0.2) is 0 Å². The molecule has 0 saturated heterocycles. The van der Waals surface area contributed by atoms with Crippen LogP contribution in [0.1, 0.15) is 25.3 Å². The fourth-order valence-electron chi connectivity index (χ4n) is 1.85. The SMILES string of the molecule is CC1CNc2c(Br)cccc2C1C. The van der Waals surface area contributed by atoms with Crippen LogP contribution in [0.4, 0.5) is 5.69 Å². The Hall–Kier alpha value is -0.500. The molecule has 0 bridgehead atoms. The van der Waals surface area contributed by atoms with Crippen molar-refractivity contribution in [1.82, 2.24) is 0 Å². The van der Waals surface area contributed by atoms with Crippen molar-refractivity contribution < 1.29 is 0 Å². The van der Waals surface area contributed by atoms with Crippen LogP contribution in [0.15, 0.2) is 22.7 Å². The first kappa shape index (κ1) is 9.07. The number of nitrogens with one attached hydrogen (secondary N) is 1. The van der Waals surface area contributed by atoms with Gasteiger partial charge in [0.25, 0.3) is 0 Å². The summed E-state index contributed by atoms with van der Waals surface area (Å²) in [6.07, 6.45) is 0. The zero-order valence-electron chi connectivity index (χ0n) is 7.97. The lowest BCUT2D eigenvalue weighted by Crippen LogP contribution is -2.24. The molecule has 1 heterocycles. The Kier molecular flexibility index (Phi) is 2.33. The van der Waals surface area contributed by atoms with Gasteiger partial charge in [-0.1, -0.05) is 26.0 Å². The van der Waals surface area contributed by atoms with Gasteiger partial charge < -0.3 is 5.32 Å². The Morgan fingerprint density at radius 2 is 2.15 bits per heavy atom. The summed E-state index contributed by atoms with van der Waals surface area (Å²) in [6.45, 7) is 5.68. The quantitative estimate of drug-likeness (QED) is 0.730. The molecule has 0 fully saturated rings. The molecule has 1 aliphatic rings. The van der Waals surface area contributed by atoms with Crippen molar-refractivity contribution in [3.8, 4) is 0 Å². The number of halogens is 1. The minimum atomic E-state index is 0.661. The summed E-state index contributed by atoms with van der Waals surface area (Å²) in [5, 5.41) is 3.46. The molecule has 0 radical (unpaired) electrons. The zero-order valence-corrected chi connectivity index (χ0v) is 9.56. The molecule has 0 aliphatic carbocycles. The van der Waals surface area contributed by atoms with E-state index in [0.29, 0.717) is 5.92 Å². The molecule has 1 N–H and O–H groups in total. The van der Waals surface area contributed by atoms with Crippen LogP contribution < -0.4 is 5.32 Å². The second-order valence-corrected chi connectivity index (χ2v) is 4.71. The van der Waals surface area contributed by atoms with Crippen LogP contribution in [0.2, 0.25) is 0 Å². The van der Waals surface area contributed by atoms with Gasteiger partial charge in [0, 0.05) is 11.0 Å². The Balaban J connectivity index is 2.49. The van der Waals surface area contributed by atoms with Crippen molar-refractivity contribution in [2.24, 2.45) is 5.92 Å². The maximum absolute atomic E-state index is 3.57. The van der Waals surface area contributed by atoms with Gasteiger partial charge in [-0.05, 0) is 39.4 Å². The van der Waals surface area contributed by atoms with E-state index in [9.17, 15) is 0 Å². The standard InChI is InChI=1S/C11H14BrN/c1-7-6-13-11-9(8(7)2)4-3-5-10(11)12/h3-5,7-8,13H,6H2,1-2H3. The molecular formula is C11H14BrN. The van der Waals surface area contributed by atoms with E-state index in [0.717, 1.165) is 12.5 Å². The summed E-state index contributed by atoms with van der Waals surface area (Å²) >= 11 is 3.57. The molecule has 1 aromatic rings. The van der Waals surface area contributed by atoms with Gasteiger partial charge in [0.05, 0.1) is 5.69 Å². The Morgan fingerprint density at radius 3 is 2.92 bits per heavy atom. The predicted octanol–water partition coefficient (Wildman–Crippen LogP) is 3.61. The minimum absolute atomic E-state index is 0.661. The average Bonchev–Trinajstić information content (AvgIpc) is 2.12. The molecule has 0 saturated carbocycles. The highest BCUT2D eigenvalue weighted by Crippen LogP contribution is 2.38. The monoisotopic (exact) mass is 239 g/mol. The van der Waals surface area contributed by atoms with Crippen LogP contribution in [-0.4, -0.2) is 6.54 Å². The molecule has 1 nitrogen and oxygen atoms in total. The molecule has 2 heteroatoms. The first-order valence-corrected chi connectivity index (χ1v) is 5.51. The molecule has 1 aromatic carbocycles. The maximum atomic E-state index is 3.57. The van der Waals surface area contributed by atoms with E-state index < -0.39 is 0 Å². The third-order valence-corrected chi connectivity index (χ3v) is 3.65. The van der Waals surface area contributed by atoms with E-state index in [-0.39, 0.29) is 0 Å². The summed E-state index contributed by atoms with van der Waals surface area (Å²) in [4.78, 5) is 0. The van der Waals surface area contributed by atoms with Crippen molar-refractivity contribution >= 4 is 21.6 Å². The molecular weight excluding hydrogens is 226 g/mol. The van der Waals surface area contributed by atoms with Crippen molar-refractivity contribution in [2.45, 2.75) is 19.8 Å². The van der Waals surface area contributed by atoms with Crippen molar-refractivity contribution in [1.29, 1.82) is 0 Å². The predicted molar refractivity (Wildman–Crippen MR) is 60.2 cm³/mol. The third kappa shape index (κ3) is 1.48. The first-order valence-electron chi connectivity index (χ1n) is 4.72. The van der Waals surface area contributed by atoms with E-state index >= 15 is 0 Å². The molecule has 0 amide bonds. The second-order valence-electron chi connectivity index (χ2n) is 3.85. The number of fused-ring (bicyclic) bond motifs is 1. The Labute approximate surface area is 87.7 Å². The fraction of sp³-hybridized carbons (Fsp3) is 0.455. The summed E-state index contributed by atoms with van der Waals surface area (Å²) in [5.41, 5.74) is 2.72.